The molecule has 0 aromatic carbocycles. The van der Waals surface area contributed by atoms with Gasteiger partial charge in [-0.05, 0) is 50.0 Å². The van der Waals surface area contributed by atoms with Gasteiger partial charge in [0.05, 0.1) is 0 Å². The second-order valence-corrected chi connectivity index (χ2v) is 6.76. The molecule has 0 aromatic heterocycles. The van der Waals surface area contributed by atoms with Crippen LogP contribution in [0.2, 0.25) is 0 Å². The largest absolute Gasteiger partial charge is 0.457 e. The molecule has 0 rings (SSSR count). The van der Waals surface area contributed by atoms with Gasteiger partial charge in [-0.2, -0.15) is 0 Å². The lowest BCUT2D eigenvalue weighted by molar-refractivity contribution is 0.336. The molecule has 0 aliphatic heterocycles. The van der Waals surface area contributed by atoms with Gasteiger partial charge in [0.15, 0.2) is 0 Å². The van der Waals surface area contributed by atoms with E-state index in [1.54, 1.807) is 0 Å². The van der Waals surface area contributed by atoms with Gasteiger partial charge >= 0.3 is 0 Å². The fourth-order valence-corrected chi connectivity index (χ4v) is 2.28. The molecule has 0 N–H and O–H groups in total. The molecule has 0 aliphatic rings. The molecule has 27 heavy (non-hydrogen) atoms. The molecule has 0 spiro atoms. The van der Waals surface area contributed by atoms with Crippen molar-refractivity contribution in [1.29, 1.82) is 0 Å². The summed E-state index contributed by atoms with van der Waals surface area (Å²) >= 11 is 0. The molecular weight excluding hydrogens is 328 g/mol. The summed E-state index contributed by atoms with van der Waals surface area (Å²) in [5.74, 6) is 1.79. The van der Waals surface area contributed by atoms with Crippen LogP contribution in [0.4, 0.5) is 0 Å². The summed E-state index contributed by atoms with van der Waals surface area (Å²) in [4.78, 5) is 0. The van der Waals surface area contributed by atoms with Crippen molar-refractivity contribution < 1.29 is 4.74 Å². The lowest BCUT2D eigenvalue weighted by Gasteiger charge is -2.07. The number of hydrogen-bond acceptors (Lipinski definition) is 1. The fraction of sp³-hybridized carbons (Fsp3) is 0.538. The molecule has 0 atom stereocenters. The summed E-state index contributed by atoms with van der Waals surface area (Å²) in [7, 11) is 0. The summed E-state index contributed by atoms with van der Waals surface area (Å²) in [6.45, 7) is 8.83. The van der Waals surface area contributed by atoms with Gasteiger partial charge in [-0.25, -0.2) is 0 Å². The first-order valence-corrected chi connectivity index (χ1v) is 11.0. The topological polar surface area (TPSA) is 9.23 Å². The second-order valence-electron chi connectivity index (χ2n) is 6.76. The first-order chi connectivity index (χ1) is 13.3. The van der Waals surface area contributed by atoms with E-state index < -0.39 is 0 Å². The van der Waals surface area contributed by atoms with Crippen molar-refractivity contribution in [3.8, 4) is 0 Å². The lowest BCUT2D eigenvalue weighted by Crippen LogP contribution is -1.89. The van der Waals surface area contributed by atoms with Crippen molar-refractivity contribution >= 4 is 0 Å². The SMILES string of the molecule is CCC/C=C/C(=C\C=C\CCCC)OC(/C=C/CCC)=C/C=C/CCCC. The smallest absolute Gasteiger partial charge is 0.127 e. The maximum Gasteiger partial charge on any atom is 0.127 e. The molecule has 0 saturated heterocycles. The molecule has 0 aromatic rings. The molecule has 152 valence electrons. The van der Waals surface area contributed by atoms with Gasteiger partial charge in [-0.1, -0.05) is 103 Å². The highest BCUT2D eigenvalue weighted by Gasteiger charge is 1.97. The second kappa shape index (κ2) is 20.6. The fourth-order valence-electron chi connectivity index (χ4n) is 2.28. The van der Waals surface area contributed by atoms with Gasteiger partial charge in [0.2, 0.25) is 0 Å². The van der Waals surface area contributed by atoms with Crippen molar-refractivity contribution in [2.75, 3.05) is 0 Å². The van der Waals surface area contributed by atoms with Crippen molar-refractivity contribution in [2.24, 2.45) is 0 Å². The summed E-state index contributed by atoms with van der Waals surface area (Å²) in [6.07, 6.45) is 33.0. The Bertz CT molecular complexity index is 454. The van der Waals surface area contributed by atoms with Crippen molar-refractivity contribution in [1.82, 2.24) is 0 Å². The summed E-state index contributed by atoms with van der Waals surface area (Å²) in [5.41, 5.74) is 0. The molecule has 0 amide bonds. The highest BCUT2D eigenvalue weighted by Crippen LogP contribution is 2.13. The zero-order valence-electron chi connectivity index (χ0n) is 18.3. The average molecular weight is 371 g/mol. The van der Waals surface area contributed by atoms with E-state index in [1.807, 2.05) is 0 Å². The van der Waals surface area contributed by atoms with Crippen LogP contribution in [-0.2, 0) is 4.74 Å². The van der Waals surface area contributed by atoms with Crippen LogP contribution in [0.5, 0.6) is 0 Å². The van der Waals surface area contributed by atoms with Gasteiger partial charge in [-0.3, -0.25) is 0 Å². The third-order valence-electron chi connectivity index (χ3n) is 3.95. The number of hydrogen-bond donors (Lipinski definition) is 0. The van der Waals surface area contributed by atoms with Gasteiger partial charge in [0, 0.05) is 0 Å². The Morgan fingerprint density at radius 1 is 0.556 bits per heavy atom. The van der Waals surface area contributed by atoms with Gasteiger partial charge < -0.3 is 4.74 Å². The molecule has 1 heteroatoms. The van der Waals surface area contributed by atoms with Crippen LogP contribution < -0.4 is 0 Å². The Hall–Kier alpha value is -1.76. The van der Waals surface area contributed by atoms with Gasteiger partial charge in [0.25, 0.3) is 0 Å². The average Bonchev–Trinajstić information content (AvgIpc) is 2.67. The first-order valence-electron chi connectivity index (χ1n) is 11.0. The molecule has 0 aliphatic carbocycles. The third-order valence-corrected chi connectivity index (χ3v) is 3.95. The van der Waals surface area contributed by atoms with E-state index in [2.05, 4.69) is 88.5 Å². The Morgan fingerprint density at radius 2 is 1.00 bits per heavy atom. The maximum atomic E-state index is 6.20. The first kappa shape index (κ1) is 25.2. The van der Waals surface area contributed by atoms with Crippen LogP contribution in [0, 0.1) is 0 Å². The monoisotopic (exact) mass is 370 g/mol. The Kier molecular flexibility index (Phi) is 19.2. The van der Waals surface area contributed by atoms with E-state index in [0.717, 1.165) is 50.0 Å². The zero-order chi connectivity index (χ0) is 20.0. The molecule has 0 saturated carbocycles. The zero-order valence-corrected chi connectivity index (χ0v) is 18.3. The Morgan fingerprint density at radius 3 is 1.37 bits per heavy atom. The Labute approximate surface area is 169 Å². The number of allylic oxidation sites excluding steroid dienone is 10. The highest BCUT2D eigenvalue weighted by atomic mass is 16.5. The number of rotatable bonds is 16. The van der Waals surface area contributed by atoms with Crippen molar-refractivity contribution in [3.05, 3.63) is 72.3 Å². The van der Waals surface area contributed by atoms with Gasteiger partial charge in [-0.15, -0.1) is 0 Å². The van der Waals surface area contributed by atoms with Crippen molar-refractivity contribution in [3.63, 3.8) is 0 Å². The lowest BCUT2D eigenvalue weighted by atomic mass is 10.2. The van der Waals surface area contributed by atoms with E-state index in [1.165, 1.54) is 25.7 Å². The molecule has 0 bridgehead atoms. The number of unbranched alkanes of at least 4 members (excludes halogenated alkanes) is 6. The minimum atomic E-state index is 0.894. The molecule has 0 fully saturated rings. The third kappa shape index (κ3) is 17.4. The van der Waals surface area contributed by atoms with E-state index in [-0.39, 0.29) is 0 Å². The predicted molar refractivity (Wildman–Crippen MR) is 123 cm³/mol. The number of ether oxygens (including phenoxy) is 1. The van der Waals surface area contributed by atoms with Crippen LogP contribution in [-0.4, -0.2) is 0 Å². The molecule has 0 unspecified atom stereocenters. The minimum Gasteiger partial charge on any atom is -0.457 e. The molecule has 0 heterocycles. The normalized spacial score (nSPS) is 13.8. The summed E-state index contributed by atoms with van der Waals surface area (Å²) < 4.78 is 6.20. The standard InChI is InChI=1S/C26H42O/c1-5-9-13-15-19-23-25(21-17-11-7-3)27-26(22-18-12-8-4)24-20-16-14-10-6-2/h15-24H,5-14H2,1-4H3/b19-15+,20-16+,21-17+,22-18+,25-23+,26-24+. The van der Waals surface area contributed by atoms with Crippen molar-refractivity contribution in [2.45, 2.75) is 91.9 Å². The Balaban J connectivity index is 5.16. The van der Waals surface area contributed by atoms with E-state index in [9.17, 15) is 0 Å². The quantitative estimate of drug-likeness (QED) is 0.150. The van der Waals surface area contributed by atoms with Gasteiger partial charge in [0.1, 0.15) is 11.5 Å². The summed E-state index contributed by atoms with van der Waals surface area (Å²) in [6, 6.07) is 0. The maximum absolute atomic E-state index is 6.20. The van der Waals surface area contributed by atoms with Crippen LogP contribution in [0.1, 0.15) is 91.9 Å². The molecular formula is C26H42O. The molecule has 0 radical (unpaired) electrons. The van der Waals surface area contributed by atoms with E-state index in [4.69, 9.17) is 4.74 Å². The van der Waals surface area contributed by atoms with Crippen LogP contribution in [0.25, 0.3) is 0 Å². The van der Waals surface area contributed by atoms with Crippen LogP contribution in [0.3, 0.4) is 0 Å². The predicted octanol–water partition coefficient (Wildman–Crippen LogP) is 8.98. The van der Waals surface area contributed by atoms with E-state index in [0.29, 0.717) is 0 Å². The highest BCUT2D eigenvalue weighted by molar-refractivity contribution is 5.25. The van der Waals surface area contributed by atoms with Crippen LogP contribution in [0.15, 0.2) is 72.3 Å². The summed E-state index contributed by atoms with van der Waals surface area (Å²) in [5, 5.41) is 0. The van der Waals surface area contributed by atoms with Crippen LogP contribution >= 0.6 is 0 Å². The molecule has 1 nitrogen and oxygen atoms in total. The minimum absolute atomic E-state index is 0.894. The van der Waals surface area contributed by atoms with E-state index >= 15 is 0 Å².